The monoisotopic (exact) mass is 317 g/mol. The fourth-order valence-corrected chi connectivity index (χ4v) is 2.64. The molecule has 0 amide bonds. The van der Waals surface area contributed by atoms with Gasteiger partial charge in [-0.25, -0.2) is 15.1 Å². The van der Waals surface area contributed by atoms with Crippen LogP contribution in [0.4, 0.5) is 0 Å². The first-order valence-corrected chi connectivity index (χ1v) is 8.11. The van der Waals surface area contributed by atoms with Crippen LogP contribution in [0, 0.1) is 0 Å². The van der Waals surface area contributed by atoms with Crippen LogP contribution in [0.2, 0.25) is 0 Å². The topological polar surface area (TPSA) is 103 Å². The first-order valence-electron chi connectivity index (χ1n) is 6.57. The van der Waals surface area contributed by atoms with Crippen molar-refractivity contribution < 1.29 is 8.42 Å². The van der Waals surface area contributed by atoms with Crippen molar-refractivity contribution in [1.29, 1.82) is 0 Å². The number of nitrogens with zero attached hydrogens (tertiary/aromatic N) is 3. The van der Waals surface area contributed by atoms with Crippen LogP contribution in [0.1, 0.15) is 5.56 Å². The van der Waals surface area contributed by atoms with Crippen LogP contribution < -0.4 is 9.86 Å². The molecule has 2 aromatic heterocycles. The van der Waals surface area contributed by atoms with Gasteiger partial charge in [-0.3, -0.25) is 0 Å². The van der Waals surface area contributed by atoms with E-state index in [2.05, 4.69) is 14.7 Å². The van der Waals surface area contributed by atoms with E-state index in [0.717, 1.165) is 27.9 Å². The minimum atomic E-state index is -3.68. The third-order valence-electron chi connectivity index (χ3n) is 3.37. The van der Waals surface area contributed by atoms with Gasteiger partial charge in [0.1, 0.15) is 12.0 Å². The highest BCUT2D eigenvalue weighted by atomic mass is 32.2. The fraction of sp³-hybridized carbons (Fsp3) is 0.143. The molecule has 2 heterocycles. The lowest BCUT2D eigenvalue weighted by molar-refractivity contribution is 0.583. The zero-order valence-electron chi connectivity index (χ0n) is 11.9. The maximum Gasteiger partial charge on any atom is 0.274 e. The second-order valence-electron chi connectivity index (χ2n) is 4.95. The van der Waals surface area contributed by atoms with Gasteiger partial charge in [-0.15, -0.1) is 0 Å². The van der Waals surface area contributed by atoms with Crippen molar-refractivity contribution in [3.05, 3.63) is 48.4 Å². The Morgan fingerprint density at radius 3 is 2.59 bits per heavy atom. The maximum atomic E-state index is 10.9. The van der Waals surface area contributed by atoms with E-state index in [4.69, 9.17) is 5.14 Å². The molecule has 0 spiro atoms. The van der Waals surface area contributed by atoms with E-state index in [1.54, 1.807) is 0 Å². The molecule has 0 unspecified atom stereocenters. The molecule has 0 aliphatic carbocycles. The normalized spacial score (nSPS) is 11.9. The number of aryl methyl sites for hydroxylation is 1. The van der Waals surface area contributed by atoms with Gasteiger partial charge in [-0.05, 0) is 11.6 Å². The summed E-state index contributed by atoms with van der Waals surface area (Å²) in [7, 11) is -1.75. The summed E-state index contributed by atoms with van der Waals surface area (Å²) in [4.78, 5) is 8.61. The summed E-state index contributed by atoms with van der Waals surface area (Å²) in [5.41, 5.74) is 3.47. The van der Waals surface area contributed by atoms with Gasteiger partial charge >= 0.3 is 0 Å². The first-order chi connectivity index (χ1) is 10.4. The summed E-state index contributed by atoms with van der Waals surface area (Å²) in [6, 6.07) is 9.44. The molecule has 1 aromatic carbocycles. The number of fused-ring (bicyclic) bond motifs is 1. The average Bonchev–Trinajstić information content (AvgIpc) is 2.87. The molecule has 3 N–H and O–H groups in total. The lowest BCUT2D eigenvalue weighted by Gasteiger charge is -2.06. The van der Waals surface area contributed by atoms with Gasteiger partial charge in [0.05, 0.1) is 5.69 Å². The molecule has 0 aliphatic rings. The molecule has 22 heavy (non-hydrogen) atoms. The summed E-state index contributed by atoms with van der Waals surface area (Å²) < 4.78 is 26.0. The van der Waals surface area contributed by atoms with E-state index < -0.39 is 10.2 Å². The summed E-state index contributed by atoms with van der Waals surface area (Å²) in [6.07, 6.45) is 3.47. The molecule has 0 atom stereocenters. The van der Waals surface area contributed by atoms with Crippen molar-refractivity contribution in [2.24, 2.45) is 12.2 Å². The van der Waals surface area contributed by atoms with Crippen molar-refractivity contribution >= 4 is 21.2 Å². The Morgan fingerprint density at radius 1 is 1.18 bits per heavy atom. The number of nitrogens with one attached hydrogen (secondary N) is 1. The van der Waals surface area contributed by atoms with Gasteiger partial charge in [-0.1, -0.05) is 24.3 Å². The molecular weight excluding hydrogens is 302 g/mol. The van der Waals surface area contributed by atoms with Gasteiger partial charge in [0.2, 0.25) is 0 Å². The fourth-order valence-electron chi connectivity index (χ4n) is 2.27. The second-order valence-corrected chi connectivity index (χ2v) is 6.33. The summed E-state index contributed by atoms with van der Waals surface area (Å²) >= 11 is 0. The highest BCUT2D eigenvalue weighted by molar-refractivity contribution is 7.87. The zero-order valence-corrected chi connectivity index (χ0v) is 12.7. The number of aromatic nitrogens is 3. The van der Waals surface area contributed by atoms with Crippen molar-refractivity contribution in [2.75, 3.05) is 0 Å². The summed E-state index contributed by atoms with van der Waals surface area (Å²) in [6.45, 7) is 0.156. The van der Waals surface area contributed by atoms with Crippen molar-refractivity contribution in [3.63, 3.8) is 0 Å². The Hall–Kier alpha value is -2.29. The predicted molar refractivity (Wildman–Crippen MR) is 83.9 cm³/mol. The minimum Gasteiger partial charge on any atom is -0.335 e. The Balaban J connectivity index is 1.92. The Bertz CT molecular complexity index is 916. The van der Waals surface area contributed by atoms with E-state index >= 15 is 0 Å². The third-order valence-corrected chi connectivity index (χ3v) is 3.91. The number of nitrogens with two attached hydrogens (primary N) is 1. The molecule has 0 radical (unpaired) electrons. The van der Waals surface area contributed by atoms with E-state index in [0.29, 0.717) is 0 Å². The molecule has 0 saturated carbocycles. The SMILES string of the molecule is Cn1ccc2c(-c3ccc(CNS(N)(=O)=O)cc3)ncnc21. The minimum absolute atomic E-state index is 0.156. The number of rotatable bonds is 4. The van der Waals surface area contributed by atoms with Crippen molar-refractivity contribution in [3.8, 4) is 11.3 Å². The molecule has 0 fully saturated rings. The summed E-state index contributed by atoms with van der Waals surface area (Å²) in [5.74, 6) is 0. The predicted octanol–water partition coefficient (Wildman–Crippen LogP) is 0.928. The van der Waals surface area contributed by atoms with Crippen LogP contribution in [0.25, 0.3) is 22.3 Å². The van der Waals surface area contributed by atoms with E-state index in [1.807, 2.05) is 48.1 Å². The highest BCUT2D eigenvalue weighted by Gasteiger charge is 2.09. The molecule has 8 heteroatoms. The Morgan fingerprint density at radius 2 is 1.91 bits per heavy atom. The van der Waals surface area contributed by atoms with Crippen molar-refractivity contribution in [2.45, 2.75) is 6.54 Å². The third kappa shape index (κ3) is 2.98. The van der Waals surface area contributed by atoms with Crippen molar-refractivity contribution in [1.82, 2.24) is 19.3 Å². The number of hydrogen-bond acceptors (Lipinski definition) is 4. The van der Waals surface area contributed by atoms with Gasteiger partial charge in [0.15, 0.2) is 0 Å². The Kier molecular flexibility index (Phi) is 3.65. The van der Waals surface area contributed by atoms with E-state index in [9.17, 15) is 8.42 Å². The van der Waals surface area contributed by atoms with Crippen LogP contribution in [-0.4, -0.2) is 23.0 Å². The molecule has 114 valence electrons. The second kappa shape index (κ2) is 5.48. The van der Waals surface area contributed by atoms with Crippen LogP contribution >= 0.6 is 0 Å². The quantitative estimate of drug-likeness (QED) is 0.747. The molecule has 3 aromatic rings. The smallest absolute Gasteiger partial charge is 0.274 e. The van der Waals surface area contributed by atoms with Crippen LogP contribution in [0.5, 0.6) is 0 Å². The van der Waals surface area contributed by atoms with Gasteiger partial charge < -0.3 is 4.57 Å². The van der Waals surface area contributed by atoms with Gasteiger partial charge in [0, 0.05) is 30.7 Å². The van der Waals surface area contributed by atoms with Crippen LogP contribution in [0.3, 0.4) is 0 Å². The van der Waals surface area contributed by atoms with E-state index in [1.165, 1.54) is 6.33 Å². The zero-order chi connectivity index (χ0) is 15.7. The maximum absolute atomic E-state index is 10.9. The Labute approximate surface area is 128 Å². The average molecular weight is 317 g/mol. The highest BCUT2D eigenvalue weighted by Crippen LogP contribution is 2.25. The number of hydrogen-bond donors (Lipinski definition) is 2. The molecular formula is C14H15N5O2S. The molecule has 7 nitrogen and oxygen atoms in total. The largest absolute Gasteiger partial charge is 0.335 e. The van der Waals surface area contributed by atoms with Gasteiger partial charge in [0.25, 0.3) is 10.2 Å². The number of benzene rings is 1. The standard InChI is InChI=1S/C14H15N5O2S/c1-19-7-6-12-13(16-9-17-14(12)19)11-4-2-10(3-5-11)8-18-22(15,20)21/h2-7,9,18H,8H2,1H3,(H2,15,20,21). The summed E-state index contributed by atoms with van der Waals surface area (Å²) in [5, 5.41) is 5.88. The first kappa shape index (κ1) is 14.6. The van der Waals surface area contributed by atoms with Crippen LogP contribution in [-0.2, 0) is 23.8 Å². The lowest BCUT2D eigenvalue weighted by atomic mass is 10.1. The van der Waals surface area contributed by atoms with Crippen LogP contribution in [0.15, 0.2) is 42.9 Å². The van der Waals surface area contributed by atoms with Gasteiger partial charge in [-0.2, -0.15) is 13.1 Å². The van der Waals surface area contributed by atoms with E-state index in [-0.39, 0.29) is 6.54 Å². The lowest BCUT2D eigenvalue weighted by Crippen LogP contribution is -2.30. The molecule has 0 bridgehead atoms. The molecule has 0 saturated heterocycles. The molecule has 3 rings (SSSR count). The molecule has 0 aliphatic heterocycles.